The van der Waals surface area contributed by atoms with E-state index < -0.39 is 0 Å². The number of hydrogen-bond acceptors (Lipinski definition) is 8. The molecule has 4 aliphatic carbocycles. The van der Waals surface area contributed by atoms with Crippen LogP contribution in [0.4, 0.5) is 5.82 Å². The molecule has 5 heterocycles. The second kappa shape index (κ2) is 15.0. The highest BCUT2D eigenvalue weighted by Crippen LogP contribution is 2.61. The summed E-state index contributed by atoms with van der Waals surface area (Å²) in [5, 5.41) is 8.41. The number of rotatable bonds is 11. The van der Waals surface area contributed by atoms with Crippen LogP contribution in [-0.4, -0.2) is 93.4 Å². The number of aromatic nitrogens is 4. The van der Waals surface area contributed by atoms with Crippen molar-refractivity contribution in [2.45, 2.75) is 83.2 Å². The quantitative estimate of drug-likeness (QED) is 0.166. The number of fused-ring (bicyclic) bond motifs is 1. The van der Waals surface area contributed by atoms with Crippen molar-refractivity contribution in [1.29, 1.82) is 0 Å². The summed E-state index contributed by atoms with van der Waals surface area (Å²) in [6.07, 6.45) is 14.6. The molecule has 2 amide bonds. The highest BCUT2D eigenvalue weighted by atomic mass is 32.2. The molecule has 3 aromatic heterocycles. The van der Waals surface area contributed by atoms with Gasteiger partial charge in [-0.3, -0.25) is 24.0 Å². The molecule has 0 atom stereocenters. The number of pyridine rings is 2. The van der Waals surface area contributed by atoms with Gasteiger partial charge >= 0.3 is 0 Å². The first kappa shape index (κ1) is 37.4. The Morgan fingerprint density at radius 3 is 2.32 bits per heavy atom. The lowest BCUT2D eigenvalue weighted by molar-refractivity contribution is -0.146. The number of piperazine rings is 1. The molecule has 0 spiro atoms. The molecule has 4 aromatic rings. The van der Waals surface area contributed by atoms with E-state index in [9.17, 15) is 14.4 Å². The standard InChI is InChI=1S/C44H56N8O3S/c1-27(2)52-38-16-34(15-35(36(38)23-47-52)42(54)46-22-37-39(56-4)11-28(3)48-43(37)55)33-5-6-40(45-21-33)50-9-7-49(8-10-50)24-32-25-51(26-32)41(53)20-44-17-29-12-30(18-44)14-31(13-29)19-44/h5-6,11,15-16,21,23,27,29-32H,7-10,12-14,17-20,22,24-26H2,1-4H3,(H,46,54)(H,48,55). The average molecular weight is 777 g/mol. The van der Waals surface area contributed by atoms with Crippen molar-refractivity contribution in [2.24, 2.45) is 29.1 Å². The predicted octanol–water partition coefficient (Wildman–Crippen LogP) is 6.51. The molecule has 56 heavy (non-hydrogen) atoms. The largest absolute Gasteiger partial charge is 0.354 e. The summed E-state index contributed by atoms with van der Waals surface area (Å²) in [6, 6.07) is 10.2. The molecule has 11 nitrogen and oxygen atoms in total. The number of carbonyl (C=O) groups is 2. The van der Waals surface area contributed by atoms with Gasteiger partial charge in [-0.05, 0) is 125 Å². The van der Waals surface area contributed by atoms with Crippen LogP contribution in [0.5, 0.6) is 0 Å². The maximum absolute atomic E-state index is 13.8. The predicted molar refractivity (Wildman–Crippen MR) is 222 cm³/mol. The zero-order valence-corrected chi connectivity index (χ0v) is 34.2. The minimum Gasteiger partial charge on any atom is -0.354 e. The lowest BCUT2D eigenvalue weighted by Crippen LogP contribution is -2.57. The minimum atomic E-state index is -0.256. The van der Waals surface area contributed by atoms with Crippen LogP contribution >= 0.6 is 11.8 Å². The molecule has 6 aliphatic rings. The molecular weight excluding hydrogens is 721 g/mol. The van der Waals surface area contributed by atoms with Gasteiger partial charge in [0.1, 0.15) is 5.82 Å². The number of nitrogens with zero attached hydrogens (tertiary/aromatic N) is 6. The molecule has 1 aromatic carbocycles. The Bertz CT molecular complexity index is 2140. The topological polar surface area (TPSA) is 119 Å². The van der Waals surface area contributed by atoms with E-state index in [0.717, 1.165) is 108 Å². The Kier molecular flexibility index (Phi) is 10.0. The molecule has 2 saturated heterocycles. The second-order valence-corrected chi connectivity index (χ2v) is 19.0. The molecular formula is C44H56N8O3S. The van der Waals surface area contributed by atoms with Crippen molar-refractivity contribution in [3.8, 4) is 11.1 Å². The Morgan fingerprint density at radius 2 is 1.68 bits per heavy atom. The Balaban J connectivity index is 0.811. The Morgan fingerprint density at radius 1 is 0.964 bits per heavy atom. The molecule has 0 unspecified atom stereocenters. The number of carbonyl (C=O) groups excluding carboxylic acids is 2. The number of nitrogens with one attached hydrogen (secondary N) is 2. The SMILES string of the molecule is CSc1cc(C)[nH]c(=O)c1CNC(=O)c1cc(-c2ccc(N3CCN(CC4CN(C(=O)CC56CC7CC(CC(C7)C5)C6)C4)CC3)nc2)cc2c1cnn2C(C)C. The van der Waals surface area contributed by atoms with Crippen molar-refractivity contribution < 1.29 is 9.59 Å². The summed E-state index contributed by atoms with van der Waals surface area (Å²) >= 11 is 1.50. The van der Waals surface area contributed by atoms with Crippen molar-refractivity contribution in [3.05, 3.63) is 69.9 Å². The zero-order chi connectivity index (χ0) is 38.7. The molecule has 4 bridgehead atoms. The van der Waals surface area contributed by atoms with Gasteiger partial charge in [0.25, 0.3) is 11.5 Å². The fourth-order valence-corrected chi connectivity index (χ4v) is 12.0. The number of anilines is 1. The van der Waals surface area contributed by atoms with Gasteiger partial charge in [0, 0.05) is 104 Å². The van der Waals surface area contributed by atoms with Crippen LogP contribution in [-0.2, 0) is 11.3 Å². The van der Waals surface area contributed by atoms with Gasteiger partial charge in [0.2, 0.25) is 5.91 Å². The van der Waals surface area contributed by atoms with E-state index in [-0.39, 0.29) is 24.1 Å². The number of aryl methyl sites for hydroxylation is 1. The molecule has 2 aliphatic heterocycles. The average Bonchev–Trinajstić information content (AvgIpc) is 3.59. The molecule has 10 rings (SSSR count). The second-order valence-electron chi connectivity index (χ2n) is 18.1. The fraction of sp³-hybridized carbons (Fsp3) is 0.568. The molecule has 0 radical (unpaired) electrons. The van der Waals surface area contributed by atoms with Crippen molar-refractivity contribution in [1.82, 2.24) is 34.9 Å². The molecule has 296 valence electrons. The maximum Gasteiger partial charge on any atom is 0.254 e. The molecule has 2 N–H and O–H groups in total. The van der Waals surface area contributed by atoms with E-state index in [1.165, 1.54) is 50.3 Å². The van der Waals surface area contributed by atoms with Crippen molar-refractivity contribution in [3.63, 3.8) is 0 Å². The van der Waals surface area contributed by atoms with Gasteiger partial charge in [-0.25, -0.2) is 4.98 Å². The smallest absolute Gasteiger partial charge is 0.254 e. The van der Waals surface area contributed by atoms with E-state index in [1.54, 1.807) is 6.20 Å². The Hall–Kier alpha value is -4.16. The highest BCUT2D eigenvalue weighted by Gasteiger charge is 2.52. The van der Waals surface area contributed by atoms with E-state index >= 15 is 0 Å². The number of hydrogen-bond donors (Lipinski definition) is 2. The van der Waals surface area contributed by atoms with Crippen LogP contribution in [0.25, 0.3) is 22.0 Å². The molecule has 12 heteroatoms. The number of aromatic amines is 1. The minimum absolute atomic E-state index is 0.106. The van der Waals surface area contributed by atoms with Crippen LogP contribution < -0.4 is 15.8 Å². The van der Waals surface area contributed by atoms with Crippen LogP contribution in [0.1, 0.15) is 86.5 Å². The van der Waals surface area contributed by atoms with Crippen LogP contribution in [0.15, 0.2) is 52.4 Å². The van der Waals surface area contributed by atoms with Crippen LogP contribution in [0.3, 0.4) is 0 Å². The zero-order valence-electron chi connectivity index (χ0n) is 33.4. The molecule has 6 fully saturated rings. The first-order valence-electron chi connectivity index (χ1n) is 20.8. The van der Waals surface area contributed by atoms with Gasteiger partial charge in [-0.15, -0.1) is 11.8 Å². The third kappa shape index (κ3) is 7.27. The third-order valence-electron chi connectivity index (χ3n) is 13.6. The fourth-order valence-electron chi connectivity index (χ4n) is 11.3. The summed E-state index contributed by atoms with van der Waals surface area (Å²) in [4.78, 5) is 55.6. The number of amides is 2. The summed E-state index contributed by atoms with van der Waals surface area (Å²) in [5.41, 5.74) is 4.68. The lowest BCUT2D eigenvalue weighted by Gasteiger charge is -2.57. The summed E-state index contributed by atoms with van der Waals surface area (Å²) in [6.45, 7) is 12.9. The van der Waals surface area contributed by atoms with E-state index in [4.69, 9.17) is 4.98 Å². The molecule has 4 saturated carbocycles. The number of likely N-dealkylation sites (tertiary alicyclic amines) is 1. The first-order chi connectivity index (χ1) is 27.0. The third-order valence-corrected chi connectivity index (χ3v) is 14.4. The lowest BCUT2D eigenvalue weighted by atomic mass is 9.49. The monoisotopic (exact) mass is 776 g/mol. The van der Waals surface area contributed by atoms with E-state index in [2.05, 4.69) is 62.1 Å². The number of H-pyrrole nitrogens is 1. The van der Waals surface area contributed by atoms with Gasteiger partial charge in [0.15, 0.2) is 0 Å². The van der Waals surface area contributed by atoms with Crippen molar-refractivity contribution >= 4 is 40.3 Å². The van der Waals surface area contributed by atoms with Crippen LogP contribution in [0.2, 0.25) is 0 Å². The van der Waals surface area contributed by atoms with E-state index in [1.807, 2.05) is 36.2 Å². The normalized spacial score (nSPS) is 25.0. The number of benzene rings is 1. The maximum atomic E-state index is 13.8. The van der Waals surface area contributed by atoms with Gasteiger partial charge in [0.05, 0.1) is 17.3 Å². The van der Waals surface area contributed by atoms with Crippen molar-refractivity contribution in [2.75, 3.05) is 57.0 Å². The van der Waals surface area contributed by atoms with Gasteiger partial charge < -0.3 is 20.1 Å². The summed E-state index contributed by atoms with van der Waals surface area (Å²) in [5.74, 6) is 4.39. The first-order valence-corrected chi connectivity index (χ1v) is 22.0. The summed E-state index contributed by atoms with van der Waals surface area (Å²) < 4.78 is 1.94. The van der Waals surface area contributed by atoms with E-state index in [0.29, 0.717) is 28.4 Å². The van der Waals surface area contributed by atoms with Crippen LogP contribution in [0, 0.1) is 36.0 Å². The summed E-state index contributed by atoms with van der Waals surface area (Å²) in [7, 11) is 0. The van der Waals surface area contributed by atoms with Gasteiger partial charge in [-0.1, -0.05) is 0 Å². The van der Waals surface area contributed by atoms with Gasteiger partial charge in [-0.2, -0.15) is 5.10 Å². The Labute approximate surface area is 334 Å². The number of thioether (sulfide) groups is 1. The highest BCUT2D eigenvalue weighted by molar-refractivity contribution is 7.98.